The Kier molecular flexibility index (Phi) is 2.17. The summed E-state index contributed by atoms with van der Waals surface area (Å²) in [4.78, 5) is 9.29. The highest BCUT2D eigenvalue weighted by atomic mass is 32.1. The molecule has 0 amide bonds. The first-order valence-electron chi connectivity index (χ1n) is 6.51. The van der Waals surface area contributed by atoms with Gasteiger partial charge in [0.05, 0.1) is 11.2 Å². The number of nitrogens with zero attached hydrogens (tertiary/aromatic N) is 1. The van der Waals surface area contributed by atoms with E-state index in [0.29, 0.717) is 0 Å². The second kappa shape index (κ2) is 3.68. The molecule has 3 nitrogen and oxygen atoms in total. The summed E-state index contributed by atoms with van der Waals surface area (Å²) < 4.78 is 0. The first-order chi connectivity index (χ1) is 9.17. The molecule has 0 spiro atoms. The van der Waals surface area contributed by atoms with Crippen LogP contribution in [0.2, 0.25) is 0 Å². The van der Waals surface area contributed by atoms with E-state index in [1.54, 1.807) is 11.3 Å². The summed E-state index contributed by atoms with van der Waals surface area (Å²) in [6.45, 7) is 2.07. The highest BCUT2D eigenvalue weighted by Crippen LogP contribution is 2.48. The van der Waals surface area contributed by atoms with Crippen molar-refractivity contribution in [2.45, 2.75) is 25.3 Å². The molecular weight excluding hydrogens is 254 g/mol. The van der Waals surface area contributed by atoms with Gasteiger partial charge in [-0.25, -0.2) is 4.98 Å². The van der Waals surface area contributed by atoms with Gasteiger partial charge in [0.1, 0.15) is 5.01 Å². The molecule has 0 unspecified atom stereocenters. The molecule has 3 N–H and O–H groups in total. The maximum absolute atomic E-state index is 6.31. The van der Waals surface area contributed by atoms with E-state index in [1.165, 1.54) is 15.8 Å². The van der Waals surface area contributed by atoms with Crippen LogP contribution in [0.5, 0.6) is 0 Å². The Balaban J connectivity index is 1.89. The summed E-state index contributed by atoms with van der Waals surface area (Å²) >= 11 is 1.75. The average Bonchev–Trinajstić information content (AvgIpc) is 2.87. The molecule has 2 aromatic heterocycles. The minimum Gasteiger partial charge on any atom is -0.360 e. The largest absolute Gasteiger partial charge is 0.360 e. The van der Waals surface area contributed by atoms with Gasteiger partial charge in [-0.3, -0.25) is 0 Å². The third kappa shape index (κ3) is 1.64. The van der Waals surface area contributed by atoms with Crippen LogP contribution in [0.15, 0.2) is 30.5 Å². The second-order valence-corrected chi connectivity index (χ2v) is 6.34. The molecule has 1 saturated carbocycles. The molecule has 19 heavy (non-hydrogen) atoms. The van der Waals surface area contributed by atoms with Gasteiger partial charge in [-0.15, -0.1) is 11.3 Å². The van der Waals surface area contributed by atoms with E-state index in [4.69, 9.17) is 10.7 Å². The summed E-state index contributed by atoms with van der Waals surface area (Å²) in [5, 5.41) is 2.30. The molecule has 4 rings (SSSR count). The van der Waals surface area contributed by atoms with Crippen molar-refractivity contribution in [1.82, 2.24) is 9.97 Å². The Labute approximate surface area is 115 Å². The van der Waals surface area contributed by atoms with Gasteiger partial charge < -0.3 is 10.7 Å². The van der Waals surface area contributed by atoms with Crippen LogP contribution in [0, 0.1) is 6.92 Å². The number of nitrogens with two attached hydrogens (primary N) is 1. The van der Waals surface area contributed by atoms with Crippen LogP contribution in [0.3, 0.4) is 0 Å². The first-order valence-corrected chi connectivity index (χ1v) is 7.32. The predicted octanol–water partition coefficient (Wildman–Crippen LogP) is 3.55. The fourth-order valence-electron chi connectivity index (χ4n) is 2.58. The Morgan fingerprint density at radius 3 is 2.89 bits per heavy atom. The van der Waals surface area contributed by atoms with Crippen LogP contribution in [-0.2, 0) is 5.54 Å². The lowest BCUT2D eigenvalue weighted by atomic mass is 10.2. The van der Waals surface area contributed by atoms with Crippen LogP contribution >= 0.6 is 11.3 Å². The lowest BCUT2D eigenvalue weighted by Gasteiger charge is -2.04. The molecule has 1 aliphatic rings. The lowest BCUT2D eigenvalue weighted by molar-refractivity contribution is 0.748. The third-order valence-electron chi connectivity index (χ3n) is 3.86. The number of aromatic nitrogens is 2. The maximum atomic E-state index is 6.31. The lowest BCUT2D eigenvalue weighted by Crippen LogP contribution is -2.18. The van der Waals surface area contributed by atoms with Crippen molar-refractivity contribution in [3.63, 3.8) is 0 Å². The van der Waals surface area contributed by atoms with Crippen LogP contribution in [0.1, 0.15) is 23.4 Å². The van der Waals surface area contributed by atoms with Crippen molar-refractivity contribution < 1.29 is 0 Å². The number of nitrogens with one attached hydrogen (secondary N) is 1. The monoisotopic (exact) mass is 269 g/mol. The van der Waals surface area contributed by atoms with Crippen LogP contribution in [0.25, 0.3) is 21.5 Å². The standard InChI is InChI=1S/C15H15N3S/c1-9-13(15(16)6-7-15)19-14(18-9)11-8-17-12-5-3-2-4-10(11)12/h2-5,8,17H,6-7,16H2,1H3. The molecular formula is C15H15N3S. The van der Waals surface area contributed by atoms with Crippen LogP contribution in [0.4, 0.5) is 0 Å². The van der Waals surface area contributed by atoms with E-state index in [2.05, 4.69) is 30.1 Å². The molecule has 0 radical (unpaired) electrons. The zero-order valence-electron chi connectivity index (χ0n) is 10.7. The molecule has 0 aliphatic heterocycles. The molecule has 96 valence electrons. The van der Waals surface area contributed by atoms with E-state index in [0.717, 1.165) is 29.1 Å². The normalized spacial score (nSPS) is 16.9. The summed E-state index contributed by atoms with van der Waals surface area (Å²) in [5.41, 5.74) is 9.64. The van der Waals surface area contributed by atoms with E-state index >= 15 is 0 Å². The number of thiazole rings is 1. The fraction of sp³-hybridized carbons (Fsp3) is 0.267. The quantitative estimate of drug-likeness (QED) is 0.747. The van der Waals surface area contributed by atoms with Crippen molar-refractivity contribution in [3.05, 3.63) is 41.0 Å². The number of aromatic amines is 1. The molecule has 4 heteroatoms. The number of para-hydroxylation sites is 1. The van der Waals surface area contributed by atoms with Gasteiger partial charge >= 0.3 is 0 Å². The van der Waals surface area contributed by atoms with E-state index < -0.39 is 0 Å². The number of H-pyrrole nitrogens is 1. The van der Waals surface area contributed by atoms with Gasteiger partial charge in [0.25, 0.3) is 0 Å². The Bertz CT molecular complexity index is 765. The number of aryl methyl sites for hydroxylation is 1. The summed E-state index contributed by atoms with van der Waals surface area (Å²) in [6.07, 6.45) is 4.22. The zero-order valence-corrected chi connectivity index (χ0v) is 11.6. The molecule has 1 aromatic carbocycles. The van der Waals surface area contributed by atoms with Gasteiger partial charge in [-0.2, -0.15) is 0 Å². The van der Waals surface area contributed by atoms with E-state index in [1.807, 2.05) is 12.3 Å². The number of hydrogen-bond acceptors (Lipinski definition) is 3. The third-order valence-corrected chi connectivity index (χ3v) is 5.27. The van der Waals surface area contributed by atoms with Gasteiger partial charge in [0.2, 0.25) is 0 Å². The van der Waals surface area contributed by atoms with E-state index in [-0.39, 0.29) is 5.54 Å². The van der Waals surface area contributed by atoms with Crippen molar-refractivity contribution >= 4 is 22.2 Å². The van der Waals surface area contributed by atoms with Crippen molar-refractivity contribution in [2.24, 2.45) is 5.73 Å². The van der Waals surface area contributed by atoms with Gasteiger partial charge in [-0.1, -0.05) is 18.2 Å². The molecule has 0 atom stereocenters. The molecule has 2 heterocycles. The maximum Gasteiger partial charge on any atom is 0.126 e. The van der Waals surface area contributed by atoms with Gasteiger partial charge in [0.15, 0.2) is 0 Å². The average molecular weight is 269 g/mol. The Morgan fingerprint density at radius 2 is 2.11 bits per heavy atom. The number of rotatable bonds is 2. The number of hydrogen-bond donors (Lipinski definition) is 2. The van der Waals surface area contributed by atoms with Crippen molar-refractivity contribution in [3.8, 4) is 10.6 Å². The van der Waals surface area contributed by atoms with Gasteiger partial charge in [0, 0.05) is 27.5 Å². The number of benzene rings is 1. The Morgan fingerprint density at radius 1 is 1.32 bits per heavy atom. The summed E-state index contributed by atoms with van der Waals surface area (Å²) in [5.74, 6) is 0. The molecule has 1 aliphatic carbocycles. The Hall–Kier alpha value is -1.65. The smallest absolute Gasteiger partial charge is 0.126 e. The topological polar surface area (TPSA) is 54.7 Å². The fourth-order valence-corrected chi connectivity index (χ4v) is 3.84. The van der Waals surface area contributed by atoms with Crippen molar-refractivity contribution in [1.29, 1.82) is 0 Å². The first kappa shape index (κ1) is 11.2. The summed E-state index contributed by atoms with van der Waals surface area (Å²) in [7, 11) is 0. The SMILES string of the molecule is Cc1nc(-c2c[nH]c3ccccc23)sc1C1(N)CC1. The highest BCUT2D eigenvalue weighted by Gasteiger charge is 2.43. The molecule has 1 fully saturated rings. The zero-order chi connectivity index (χ0) is 13.0. The van der Waals surface area contributed by atoms with Crippen LogP contribution < -0.4 is 5.73 Å². The second-order valence-electron chi connectivity index (χ2n) is 5.34. The van der Waals surface area contributed by atoms with E-state index in [9.17, 15) is 0 Å². The van der Waals surface area contributed by atoms with Crippen LogP contribution in [-0.4, -0.2) is 9.97 Å². The summed E-state index contributed by atoms with van der Waals surface area (Å²) in [6, 6.07) is 8.32. The number of fused-ring (bicyclic) bond motifs is 1. The predicted molar refractivity (Wildman–Crippen MR) is 79.2 cm³/mol. The highest BCUT2D eigenvalue weighted by molar-refractivity contribution is 7.15. The minimum absolute atomic E-state index is 0.0912. The minimum atomic E-state index is -0.0912. The molecule has 0 bridgehead atoms. The molecule has 0 saturated heterocycles. The van der Waals surface area contributed by atoms with Crippen molar-refractivity contribution in [2.75, 3.05) is 0 Å². The van der Waals surface area contributed by atoms with Gasteiger partial charge in [-0.05, 0) is 25.8 Å². The molecule has 3 aromatic rings.